The monoisotopic (exact) mass is 179 g/mol. The zero-order valence-electron chi connectivity index (χ0n) is 7.28. The van der Waals surface area contributed by atoms with E-state index in [1.165, 1.54) is 0 Å². The van der Waals surface area contributed by atoms with Gasteiger partial charge in [-0.3, -0.25) is 0 Å². The highest BCUT2D eigenvalue weighted by Crippen LogP contribution is 1.88. The molecule has 2 nitrogen and oxygen atoms in total. The lowest BCUT2D eigenvalue weighted by Gasteiger charge is -2.04. The van der Waals surface area contributed by atoms with Gasteiger partial charge in [0, 0.05) is 6.54 Å². The fourth-order valence-corrected chi connectivity index (χ4v) is 0.602. The predicted octanol–water partition coefficient (Wildman–Crippen LogP) is 1.43. The van der Waals surface area contributed by atoms with Gasteiger partial charge in [-0.2, -0.15) is 0 Å². The van der Waals surface area contributed by atoms with Crippen LogP contribution in [0.1, 0.15) is 6.92 Å². The molecular weight excluding hydrogens is 164 g/mol. The normalized spacial score (nSPS) is 10.7. The van der Waals surface area contributed by atoms with Gasteiger partial charge in [0.05, 0.1) is 19.8 Å². The van der Waals surface area contributed by atoms with Gasteiger partial charge in [-0.05, 0) is 6.92 Å². The average molecular weight is 179 g/mol. The molecule has 0 aliphatic carbocycles. The van der Waals surface area contributed by atoms with Crippen LogP contribution >= 0.6 is 0 Å². The molecule has 72 valence electrons. The number of halogens is 2. The van der Waals surface area contributed by atoms with Crippen molar-refractivity contribution in [3.63, 3.8) is 0 Å². The summed E-state index contributed by atoms with van der Waals surface area (Å²) >= 11 is 0. The molecule has 0 aromatic heterocycles. The highest BCUT2D eigenvalue weighted by Gasteiger charge is 1.99. The van der Waals surface area contributed by atoms with Crippen LogP contribution in [0.4, 0.5) is 8.78 Å². The summed E-state index contributed by atoms with van der Waals surface area (Å²) in [5.41, 5.74) is 0.934. The molecule has 0 unspecified atom stereocenters. The topological polar surface area (TPSA) is 21.3 Å². The van der Waals surface area contributed by atoms with E-state index in [0.717, 1.165) is 5.57 Å². The minimum absolute atomic E-state index is 0.267. The molecule has 0 radical (unpaired) electrons. The first kappa shape index (κ1) is 11.5. The third-order valence-corrected chi connectivity index (χ3v) is 1.07. The molecule has 12 heavy (non-hydrogen) atoms. The zero-order chi connectivity index (χ0) is 9.40. The van der Waals surface area contributed by atoms with Crippen molar-refractivity contribution < 1.29 is 13.5 Å². The maximum atomic E-state index is 11.6. The quantitative estimate of drug-likeness (QED) is 0.471. The second-order valence-electron chi connectivity index (χ2n) is 2.60. The maximum Gasteiger partial charge on any atom is 0.250 e. The van der Waals surface area contributed by atoms with E-state index in [0.29, 0.717) is 19.8 Å². The molecule has 0 aliphatic heterocycles. The van der Waals surface area contributed by atoms with Crippen LogP contribution in [0.25, 0.3) is 0 Å². The van der Waals surface area contributed by atoms with Gasteiger partial charge in [-0.15, -0.1) is 0 Å². The molecule has 0 atom stereocenters. The van der Waals surface area contributed by atoms with Crippen LogP contribution in [0.15, 0.2) is 12.2 Å². The van der Waals surface area contributed by atoms with E-state index in [9.17, 15) is 8.78 Å². The maximum absolute atomic E-state index is 11.6. The molecule has 4 heteroatoms. The summed E-state index contributed by atoms with van der Waals surface area (Å²) < 4.78 is 28.2. The largest absolute Gasteiger partial charge is 0.376 e. The molecule has 0 aliphatic rings. The molecule has 0 fully saturated rings. The summed E-state index contributed by atoms with van der Waals surface area (Å²) in [6.07, 6.45) is -2.29. The molecule has 0 aromatic rings. The van der Waals surface area contributed by atoms with E-state index in [1.54, 1.807) is 0 Å². The van der Waals surface area contributed by atoms with Gasteiger partial charge in [0.25, 0.3) is 6.43 Å². The van der Waals surface area contributed by atoms with E-state index >= 15 is 0 Å². The van der Waals surface area contributed by atoms with Crippen molar-refractivity contribution in [2.45, 2.75) is 13.3 Å². The summed E-state index contributed by atoms with van der Waals surface area (Å²) in [6.45, 7) is 6.62. The molecule has 0 saturated heterocycles. The minimum Gasteiger partial charge on any atom is -0.376 e. The van der Waals surface area contributed by atoms with Gasteiger partial charge in [0.15, 0.2) is 0 Å². The smallest absolute Gasteiger partial charge is 0.250 e. The molecule has 0 rings (SSSR count). The SMILES string of the molecule is C=C(C)COCCNCC(F)F. The van der Waals surface area contributed by atoms with Crippen LogP contribution in [0.5, 0.6) is 0 Å². The lowest BCUT2D eigenvalue weighted by molar-refractivity contribution is 0.130. The summed E-state index contributed by atoms with van der Waals surface area (Å²) in [5, 5.41) is 2.55. The third-order valence-electron chi connectivity index (χ3n) is 1.07. The fraction of sp³-hybridized carbons (Fsp3) is 0.750. The van der Waals surface area contributed by atoms with E-state index in [2.05, 4.69) is 11.9 Å². The first-order chi connectivity index (χ1) is 5.63. The Morgan fingerprint density at radius 1 is 1.58 bits per heavy atom. The Balaban J connectivity index is 2.96. The second-order valence-corrected chi connectivity index (χ2v) is 2.60. The number of nitrogens with one attached hydrogen (secondary N) is 1. The molecule has 1 N–H and O–H groups in total. The Bertz CT molecular complexity index is 128. The third kappa shape index (κ3) is 9.52. The molecule has 0 bridgehead atoms. The van der Waals surface area contributed by atoms with Gasteiger partial charge in [-0.1, -0.05) is 12.2 Å². The van der Waals surface area contributed by atoms with E-state index in [4.69, 9.17) is 4.74 Å². The number of ether oxygens (including phenoxy) is 1. The molecular formula is C8H15F2NO. The highest BCUT2D eigenvalue weighted by atomic mass is 19.3. The van der Waals surface area contributed by atoms with Crippen LogP contribution in [-0.2, 0) is 4.74 Å². The number of rotatable bonds is 7. The molecule has 0 aromatic carbocycles. The van der Waals surface area contributed by atoms with Gasteiger partial charge >= 0.3 is 0 Å². The van der Waals surface area contributed by atoms with Crippen molar-refractivity contribution in [3.05, 3.63) is 12.2 Å². The van der Waals surface area contributed by atoms with E-state index in [-0.39, 0.29) is 6.54 Å². The predicted molar refractivity (Wildman–Crippen MR) is 44.5 cm³/mol. The molecule has 0 amide bonds. The fourth-order valence-electron chi connectivity index (χ4n) is 0.602. The van der Waals surface area contributed by atoms with Crippen LogP contribution in [0.3, 0.4) is 0 Å². The Morgan fingerprint density at radius 3 is 2.75 bits per heavy atom. The average Bonchev–Trinajstić information content (AvgIpc) is 1.95. The van der Waals surface area contributed by atoms with Crippen molar-refractivity contribution >= 4 is 0 Å². The second kappa shape index (κ2) is 7.18. The lowest BCUT2D eigenvalue weighted by atomic mass is 10.4. The van der Waals surface area contributed by atoms with Gasteiger partial charge < -0.3 is 10.1 Å². The molecule has 0 heterocycles. The van der Waals surface area contributed by atoms with Gasteiger partial charge in [0.2, 0.25) is 0 Å². The minimum atomic E-state index is -2.29. The zero-order valence-corrected chi connectivity index (χ0v) is 7.28. The lowest BCUT2D eigenvalue weighted by Crippen LogP contribution is -2.25. The first-order valence-corrected chi connectivity index (χ1v) is 3.84. The Kier molecular flexibility index (Phi) is 6.90. The first-order valence-electron chi connectivity index (χ1n) is 3.84. The van der Waals surface area contributed by atoms with Crippen LogP contribution in [-0.4, -0.2) is 32.7 Å². The van der Waals surface area contributed by atoms with Crippen LogP contribution in [0, 0.1) is 0 Å². The van der Waals surface area contributed by atoms with Crippen LogP contribution < -0.4 is 5.32 Å². The highest BCUT2D eigenvalue weighted by molar-refractivity contribution is 4.87. The number of hydrogen-bond donors (Lipinski definition) is 1. The number of hydrogen-bond acceptors (Lipinski definition) is 2. The van der Waals surface area contributed by atoms with Crippen molar-refractivity contribution in [2.75, 3.05) is 26.3 Å². The van der Waals surface area contributed by atoms with Crippen LogP contribution in [0.2, 0.25) is 0 Å². The Labute approximate surface area is 71.6 Å². The number of alkyl halides is 2. The Hall–Kier alpha value is -0.480. The van der Waals surface area contributed by atoms with E-state index < -0.39 is 6.43 Å². The standard InChI is InChI=1S/C8H15F2NO/c1-7(2)6-12-4-3-11-5-8(9)10/h8,11H,1,3-6H2,2H3. The van der Waals surface area contributed by atoms with E-state index in [1.807, 2.05) is 6.92 Å². The molecule has 0 spiro atoms. The summed E-state index contributed by atoms with van der Waals surface area (Å²) in [7, 11) is 0. The van der Waals surface area contributed by atoms with Crippen molar-refractivity contribution in [1.82, 2.24) is 5.32 Å². The van der Waals surface area contributed by atoms with Crippen molar-refractivity contribution in [1.29, 1.82) is 0 Å². The van der Waals surface area contributed by atoms with Crippen molar-refractivity contribution in [3.8, 4) is 0 Å². The Morgan fingerprint density at radius 2 is 2.25 bits per heavy atom. The van der Waals surface area contributed by atoms with Crippen molar-refractivity contribution in [2.24, 2.45) is 0 Å². The summed E-state index contributed by atoms with van der Waals surface area (Å²) in [4.78, 5) is 0. The molecule has 0 saturated carbocycles. The van der Waals surface area contributed by atoms with Gasteiger partial charge in [0.1, 0.15) is 0 Å². The summed E-state index contributed by atoms with van der Waals surface area (Å²) in [6, 6.07) is 0. The van der Waals surface area contributed by atoms with Gasteiger partial charge in [-0.25, -0.2) is 8.78 Å². The summed E-state index contributed by atoms with van der Waals surface area (Å²) in [5.74, 6) is 0.